The number of rotatable bonds is 3. The number of benzene rings is 2. The molecule has 2 aromatic carbocycles. The van der Waals surface area contributed by atoms with Crippen molar-refractivity contribution in [1.29, 1.82) is 0 Å². The third-order valence-electron chi connectivity index (χ3n) is 2.38. The number of aryl methyl sites for hydroxylation is 1. The van der Waals surface area contributed by atoms with Gasteiger partial charge in [-0.2, -0.15) is 5.10 Å². The Kier molecular flexibility index (Phi) is 3.78. The maximum absolute atomic E-state index is 6.03. The Morgan fingerprint density at radius 1 is 1.12 bits per heavy atom. The zero-order valence-corrected chi connectivity index (χ0v) is 10.3. The van der Waals surface area contributed by atoms with Crippen LogP contribution < -0.4 is 5.43 Å². The number of hydrogen-bond acceptors (Lipinski definition) is 2. The highest BCUT2D eigenvalue weighted by Crippen LogP contribution is 2.15. The molecule has 2 nitrogen and oxygen atoms in total. The zero-order chi connectivity index (χ0) is 12.1. The highest BCUT2D eigenvalue weighted by atomic mass is 35.5. The van der Waals surface area contributed by atoms with Crippen LogP contribution in [0.3, 0.4) is 0 Å². The van der Waals surface area contributed by atoms with Gasteiger partial charge in [-0.25, -0.2) is 0 Å². The summed E-state index contributed by atoms with van der Waals surface area (Å²) in [6.07, 6.45) is 1.75. The molecule has 2 aromatic rings. The van der Waals surface area contributed by atoms with Crippen molar-refractivity contribution >= 4 is 23.5 Å². The third-order valence-corrected chi connectivity index (χ3v) is 2.78. The molecule has 0 saturated heterocycles. The summed E-state index contributed by atoms with van der Waals surface area (Å²) in [4.78, 5) is 0. The second-order valence-corrected chi connectivity index (χ2v) is 4.15. The van der Waals surface area contributed by atoms with Crippen LogP contribution in [0.1, 0.15) is 11.1 Å². The summed E-state index contributed by atoms with van der Waals surface area (Å²) >= 11 is 6.03. The minimum absolute atomic E-state index is 0.758. The molecule has 0 fully saturated rings. The van der Waals surface area contributed by atoms with Gasteiger partial charge < -0.3 is 0 Å². The predicted octanol–water partition coefficient (Wildman–Crippen LogP) is 4.09. The highest BCUT2D eigenvalue weighted by molar-refractivity contribution is 6.31. The van der Waals surface area contributed by atoms with Crippen molar-refractivity contribution in [2.45, 2.75) is 6.92 Å². The molecule has 0 saturated carbocycles. The molecule has 0 unspecified atom stereocenters. The molecule has 0 spiro atoms. The number of para-hydroxylation sites is 1. The molecule has 0 radical (unpaired) electrons. The summed E-state index contributed by atoms with van der Waals surface area (Å²) in [5.74, 6) is 0. The third kappa shape index (κ3) is 3.33. The maximum atomic E-state index is 6.03. The van der Waals surface area contributed by atoms with E-state index >= 15 is 0 Å². The van der Waals surface area contributed by atoms with Crippen molar-refractivity contribution in [2.24, 2.45) is 5.10 Å². The fourth-order valence-electron chi connectivity index (χ4n) is 1.38. The SMILES string of the molecule is Cc1ccc(C=NNc2ccccc2)cc1Cl. The number of nitrogens with zero attached hydrogens (tertiary/aromatic N) is 1. The lowest BCUT2D eigenvalue weighted by Crippen LogP contribution is -1.90. The van der Waals surface area contributed by atoms with Crippen LogP contribution in [-0.2, 0) is 0 Å². The molecule has 0 heterocycles. The van der Waals surface area contributed by atoms with Gasteiger partial charge in [0.15, 0.2) is 0 Å². The van der Waals surface area contributed by atoms with E-state index < -0.39 is 0 Å². The van der Waals surface area contributed by atoms with E-state index in [2.05, 4.69) is 10.5 Å². The van der Waals surface area contributed by atoms with Crippen molar-refractivity contribution in [3.8, 4) is 0 Å². The summed E-state index contributed by atoms with van der Waals surface area (Å²) in [6.45, 7) is 1.98. The van der Waals surface area contributed by atoms with E-state index in [0.29, 0.717) is 0 Å². The Morgan fingerprint density at radius 2 is 1.88 bits per heavy atom. The average molecular weight is 245 g/mol. The van der Waals surface area contributed by atoms with Crippen LogP contribution in [-0.4, -0.2) is 6.21 Å². The Balaban J connectivity index is 2.03. The lowest BCUT2D eigenvalue weighted by molar-refractivity contribution is 1.35. The van der Waals surface area contributed by atoms with Gasteiger partial charge >= 0.3 is 0 Å². The molecule has 0 bridgehead atoms. The smallest absolute Gasteiger partial charge is 0.0561 e. The first-order valence-corrected chi connectivity index (χ1v) is 5.74. The standard InChI is InChI=1S/C14H13ClN2/c1-11-7-8-12(9-14(11)15)10-16-17-13-5-3-2-4-6-13/h2-10,17H,1H3. The fourth-order valence-corrected chi connectivity index (χ4v) is 1.57. The van der Waals surface area contributed by atoms with Gasteiger partial charge in [-0.05, 0) is 36.2 Å². The molecular weight excluding hydrogens is 232 g/mol. The summed E-state index contributed by atoms with van der Waals surface area (Å²) in [7, 11) is 0. The quantitative estimate of drug-likeness (QED) is 0.638. The van der Waals surface area contributed by atoms with Crippen molar-refractivity contribution in [2.75, 3.05) is 5.43 Å². The summed E-state index contributed by atoms with van der Waals surface area (Å²) in [5, 5.41) is 4.91. The van der Waals surface area contributed by atoms with Crippen molar-refractivity contribution in [3.05, 3.63) is 64.7 Å². The molecule has 0 atom stereocenters. The Morgan fingerprint density at radius 3 is 2.59 bits per heavy atom. The van der Waals surface area contributed by atoms with Gasteiger partial charge in [0.05, 0.1) is 11.9 Å². The van der Waals surface area contributed by atoms with Crippen LogP contribution >= 0.6 is 11.6 Å². The van der Waals surface area contributed by atoms with Gasteiger partial charge in [0, 0.05) is 5.02 Å². The molecular formula is C14H13ClN2. The monoisotopic (exact) mass is 244 g/mol. The number of halogens is 1. The second-order valence-electron chi connectivity index (χ2n) is 3.74. The van der Waals surface area contributed by atoms with Crippen molar-refractivity contribution in [1.82, 2.24) is 0 Å². The number of hydrazone groups is 1. The lowest BCUT2D eigenvalue weighted by atomic mass is 10.2. The van der Waals surface area contributed by atoms with Crippen LogP contribution in [0.2, 0.25) is 5.02 Å². The van der Waals surface area contributed by atoms with Gasteiger partial charge in [-0.3, -0.25) is 5.43 Å². The molecule has 0 aliphatic heterocycles. The second kappa shape index (κ2) is 5.51. The van der Waals surface area contributed by atoms with Gasteiger partial charge in [0.25, 0.3) is 0 Å². The van der Waals surface area contributed by atoms with Crippen LogP contribution in [0.15, 0.2) is 53.6 Å². The topological polar surface area (TPSA) is 24.4 Å². The van der Waals surface area contributed by atoms with Gasteiger partial charge in [-0.1, -0.05) is 41.9 Å². The molecule has 17 heavy (non-hydrogen) atoms. The summed E-state index contributed by atoms with van der Waals surface area (Å²) in [6, 6.07) is 15.7. The van der Waals surface area contributed by atoms with Crippen LogP contribution in [0.5, 0.6) is 0 Å². The average Bonchev–Trinajstić information content (AvgIpc) is 2.35. The molecule has 0 aromatic heterocycles. The molecule has 1 N–H and O–H groups in total. The van der Waals surface area contributed by atoms with Crippen molar-refractivity contribution in [3.63, 3.8) is 0 Å². The van der Waals surface area contributed by atoms with Crippen LogP contribution in [0.4, 0.5) is 5.69 Å². The van der Waals surface area contributed by atoms with Gasteiger partial charge in [0.2, 0.25) is 0 Å². The normalized spacial score (nSPS) is 10.7. The van der Waals surface area contributed by atoms with Crippen LogP contribution in [0, 0.1) is 6.92 Å². The largest absolute Gasteiger partial charge is 0.279 e. The predicted molar refractivity (Wildman–Crippen MR) is 73.8 cm³/mol. The first kappa shape index (κ1) is 11.7. The molecule has 0 aliphatic rings. The van der Waals surface area contributed by atoms with E-state index in [1.807, 2.05) is 55.5 Å². The number of nitrogens with one attached hydrogen (secondary N) is 1. The minimum Gasteiger partial charge on any atom is -0.279 e. The van der Waals surface area contributed by atoms with E-state index in [1.165, 1.54) is 0 Å². The first-order chi connectivity index (χ1) is 8.25. The number of anilines is 1. The molecule has 3 heteroatoms. The highest BCUT2D eigenvalue weighted by Gasteiger charge is 1.95. The Labute approximate surface area is 106 Å². The molecule has 2 rings (SSSR count). The Hall–Kier alpha value is -1.80. The maximum Gasteiger partial charge on any atom is 0.0561 e. The number of hydrogen-bond donors (Lipinski definition) is 1. The van der Waals surface area contributed by atoms with Crippen molar-refractivity contribution < 1.29 is 0 Å². The van der Waals surface area contributed by atoms with Crippen LogP contribution in [0.25, 0.3) is 0 Å². The first-order valence-electron chi connectivity index (χ1n) is 5.36. The van der Waals surface area contributed by atoms with E-state index in [4.69, 9.17) is 11.6 Å². The van der Waals surface area contributed by atoms with Gasteiger partial charge in [-0.15, -0.1) is 0 Å². The van der Waals surface area contributed by atoms with E-state index in [-0.39, 0.29) is 0 Å². The van der Waals surface area contributed by atoms with E-state index in [1.54, 1.807) is 6.21 Å². The molecule has 0 aliphatic carbocycles. The molecule has 86 valence electrons. The van der Waals surface area contributed by atoms with E-state index in [9.17, 15) is 0 Å². The minimum atomic E-state index is 0.758. The summed E-state index contributed by atoms with van der Waals surface area (Å²) < 4.78 is 0. The van der Waals surface area contributed by atoms with E-state index in [0.717, 1.165) is 21.8 Å². The lowest BCUT2D eigenvalue weighted by Gasteiger charge is -2.00. The Bertz CT molecular complexity index is 521. The fraction of sp³-hybridized carbons (Fsp3) is 0.0714. The van der Waals surface area contributed by atoms with Gasteiger partial charge in [0.1, 0.15) is 0 Å². The zero-order valence-electron chi connectivity index (χ0n) is 9.52. The molecule has 0 amide bonds. The summed E-state index contributed by atoms with van der Waals surface area (Å²) in [5.41, 5.74) is 5.96.